The predicted octanol–water partition coefficient (Wildman–Crippen LogP) is 6.87. The molecule has 1 aliphatic carbocycles. The first-order valence-corrected chi connectivity index (χ1v) is 13.5. The molecule has 38 heavy (non-hydrogen) atoms. The Labute approximate surface area is 233 Å². The van der Waals surface area contributed by atoms with E-state index in [0.29, 0.717) is 28.7 Å². The van der Waals surface area contributed by atoms with Gasteiger partial charge in [0.15, 0.2) is 10.9 Å². The number of rotatable bonds is 12. The van der Waals surface area contributed by atoms with Crippen molar-refractivity contribution in [2.45, 2.75) is 38.5 Å². The molecule has 0 radical (unpaired) electrons. The number of ketones is 1. The van der Waals surface area contributed by atoms with Crippen molar-refractivity contribution in [1.29, 1.82) is 0 Å². The normalized spacial score (nSPS) is 11.3. The van der Waals surface area contributed by atoms with Gasteiger partial charge in [0.1, 0.15) is 5.75 Å². The zero-order valence-electron chi connectivity index (χ0n) is 21.0. The minimum absolute atomic E-state index is 0.0579. The van der Waals surface area contributed by atoms with E-state index in [4.69, 9.17) is 17.0 Å². The van der Waals surface area contributed by atoms with Crippen LogP contribution in [0.4, 0.5) is 16.2 Å². The molecule has 7 nitrogen and oxygen atoms in total. The Kier molecular flexibility index (Phi) is 9.89. The molecule has 0 aromatic heterocycles. The number of fused-ring (bicyclic) bond motifs is 3. The van der Waals surface area contributed by atoms with E-state index in [2.05, 4.69) is 32.7 Å². The van der Waals surface area contributed by atoms with Crippen molar-refractivity contribution in [3.05, 3.63) is 77.9 Å². The van der Waals surface area contributed by atoms with E-state index in [-0.39, 0.29) is 5.78 Å². The zero-order valence-corrected chi connectivity index (χ0v) is 22.6. The van der Waals surface area contributed by atoms with Gasteiger partial charge in [0.05, 0.1) is 12.3 Å². The van der Waals surface area contributed by atoms with Crippen molar-refractivity contribution in [1.82, 2.24) is 5.32 Å². The van der Waals surface area contributed by atoms with Gasteiger partial charge in [-0.05, 0) is 60.5 Å². The van der Waals surface area contributed by atoms with Crippen LogP contribution in [0.5, 0.6) is 5.75 Å². The number of urea groups is 1. The minimum atomic E-state index is -0.576. The van der Waals surface area contributed by atoms with Gasteiger partial charge in [0, 0.05) is 35.8 Å². The number of carbonyl (C=O) groups is 2. The third kappa shape index (κ3) is 7.20. The van der Waals surface area contributed by atoms with Gasteiger partial charge in [-0.1, -0.05) is 68.1 Å². The van der Waals surface area contributed by atoms with Gasteiger partial charge in [-0.15, -0.1) is 4.36 Å². The number of thiocarbonyl (C=S) groups is 1. The zero-order chi connectivity index (χ0) is 26.7. The van der Waals surface area contributed by atoms with Crippen molar-refractivity contribution in [2.24, 2.45) is 4.36 Å². The maximum absolute atomic E-state index is 12.7. The number of benzene rings is 3. The molecule has 0 spiro atoms. The maximum atomic E-state index is 12.7. The molecule has 196 valence electrons. The molecule has 0 fully saturated rings. The fourth-order valence-corrected chi connectivity index (χ4v) is 4.70. The lowest BCUT2D eigenvalue weighted by molar-refractivity contribution is 0.104. The SMILES string of the molecule is O=C(N=S)Nc1ccccc1OCCCCCCCCNC(=S)Nc1ccc2c(c1)C(=O)c1ccccc1-2. The second-order valence-electron chi connectivity index (χ2n) is 9.00. The lowest BCUT2D eigenvalue weighted by Gasteiger charge is -2.12. The third-order valence-electron chi connectivity index (χ3n) is 6.31. The molecule has 0 aliphatic heterocycles. The lowest BCUT2D eigenvalue weighted by Crippen LogP contribution is -2.29. The second kappa shape index (κ2) is 13.7. The molecule has 0 atom stereocenters. The molecule has 3 N–H and O–H groups in total. The van der Waals surface area contributed by atoms with Crippen molar-refractivity contribution in [2.75, 3.05) is 23.8 Å². The highest BCUT2D eigenvalue weighted by Crippen LogP contribution is 2.37. The highest BCUT2D eigenvalue weighted by atomic mass is 32.1. The van der Waals surface area contributed by atoms with Crippen molar-refractivity contribution in [3.8, 4) is 16.9 Å². The van der Waals surface area contributed by atoms with E-state index in [9.17, 15) is 9.59 Å². The van der Waals surface area contributed by atoms with E-state index in [1.165, 1.54) is 0 Å². The first kappa shape index (κ1) is 27.3. The highest BCUT2D eigenvalue weighted by Gasteiger charge is 2.26. The number of para-hydroxylation sites is 2. The molecule has 4 rings (SSSR count). The van der Waals surface area contributed by atoms with Gasteiger partial charge < -0.3 is 20.7 Å². The summed E-state index contributed by atoms with van der Waals surface area (Å²) in [7, 11) is 0. The number of nitrogens with zero attached hydrogens (tertiary/aromatic N) is 1. The van der Waals surface area contributed by atoms with Crippen LogP contribution in [0, 0.1) is 0 Å². The van der Waals surface area contributed by atoms with Crippen LogP contribution in [0.2, 0.25) is 0 Å². The van der Waals surface area contributed by atoms with Crippen LogP contribution in [0.15, 0.2) is 71.1 Å². The molecule has 0 heterocycles. The first-order valence-electron chi connectivity index (χ1n) is 12.8. The van der Waals surface area contributed by atoms with Crippen molar-refractivity contribution in [3.63, 3.8) is 0 Å². The van der Waals surface area contributed by atoms with E-state index in [1.807, 2.05) is 60.7 Å². The Bertz CT molecular complexity index is 1330. The molecular weight excluding hydrogens is 516 g/mol. The van der Waals surface area contributed by atoms with E-state index >= 15 is 0 Å². The smallest absolute Gasteiger partial charge is 0.356 e. The van der Waals surface area contributed by atoms with Crippen LogP contribution in [0.1, 0.15) is 54.4 Å². The highest BCUT2D eigenvalue weighted by molar-refractivity contribution is 7.80. The van der Waals surface area contributed by atoms with Crippen molar-refractivity contribution >= 4 is 52.9 Å². The van der Waals surface area contributed by atoms with Gasteiger partial charge >= 0.3 is 6.03 Å². The van der Waals surface area contributed by atoms with Crippen LogP contribution in [-0.2, 0) is 12.4 Å². The number of unbranched alkanes of at least 4 members (excludes halogenated alkanes) is 5. The molecule has 0 unspecified atom stereocenters. The number of nitrogens with one attached hydrogen (secondary N) is 3. The Morgan fingerprint density at radius 2 is 1.47 bits per heavy atom. The average molecular weight is 547 g/mol. The van der Waals surface area contributed by atoms with Crippen molar-refractivity contribution < 1.29 is 14.3 Å². The van der Waals surface area contributed by atoms with Crippen LogP contribution in [0.3, 0.4) is 0 Å². The van der Waals surface area contributed by atoms with Gasteiger partial charge in [-0.2, -0.15) is 0 Å². The van der Waals surface area contributed by atoms with E-state index < -0.39 is 6.03 Å². The number of hydrogen-bond acceptors (Lipinski definition) is 5. The number of carbonyl (C=O) groups excluding carboxylic acids is 2. The molecule has 9 heteroatoms. The Hall–Kier alpha value is -3.69. The quantitative estimate of drug-likeness (QED) is 0.132. The van der Waals surface area contributed by atoms with Crippen LogP contribution < -0.4 is 20.7 Å². The number of hydrogen-bond donors (Lipinski definition) is 3. The van der Waals surface area contributed by atoms with E-state index in [0.717, 1.165) is 67.4 Å². The fourth-order valence-electron chi connectivity index (χ4n) is 4.43. The summed E-state index contributed by atoms with van der Waals surface area (Å²) in [4.78, 5) is 24.1. The number of anilines is 2. The average Bonchev–Trinajstić information content (AvgIpc) is 3.21. The third-order valence-corrected chi connectivity index (χ3v) is 6.72. The molecule has 1 aliphatic rings. The van der Waals surface area contributed by atoms with Gasteiger partial charge in [-0.25, -0.2) is 4.79 Å². The molecule has 2 amide bonds. The molecule has 0 saturated carbocycles. The van der Waals surface area contributed by atoms with Crippen LogP contribution >= 0.6 is 12.2 Å². The van der Waals surface area contributed by atoms with Gasteiger partial charge in [-0.3, -0.25) is 4.79 Å². The summed E-state index contributed by atoms with van der Waals surface area (Å²) < 4.78 is 8.99. The summed E-state index contributed by atoms with van der Waals surface area (Å²) in [6, 6.07) is 20.2. The molecule has 0 saturated heterocycles. The topological polar surface area (TPSA) is 91.8 Å². The van der Waals surface area contributed by atoms with E-state index in [1.54, 1.807) is 6.07 Å². The first-order chi connectivity index (χ1) is 18.6. The Morgan fingerprint density at radius 3 is 2.29 bits per heavy atom. The maximum Gasteiger partial charge on any atom is 0.356 e. The number of amides is 2. The minimum Gasteiger partial charge on any atom is -0.491 e. The summed E-state index contributed by atoms with van der Waals surface area (Å²) in [5.74, 6) is 0.675. The summed E-state index contributed by atoms with van der Waals surface area (Å²) in [5.41, 5.74) is 4.81. The molecule has 3 aromatic rings. The molecule has 3 aromatic carbocycles. The summed E-state index contributed by atoms with van der Waals surface area (Å²) in [6.07, 6.45) is 6.42. The molecular formula is C29H30N4O3S2. The summed E-state index contributed by atoms with van der Waals surface area (Å²) >= 11 is 9.84. The lowest BCUT2D eigenvalue weighted by atomic mass is 10.1. The Balaban J connectivity index is 1.07. The van der Waals surface area contributed by atoms with Crippen LogP contribution in [0.25, 0.3) is 11.1 Å². The second-order valence-corrected chi connectivity index (χ2v) is 9.59. The predicted molar refractivity (Wildman–Crippen MR) is 158 cm³/mol. The van der Waals surface area contributed by atoms with Crippen LogP contribution in [-0.4, -0.2) is 30.1 Å². The fraction of sp³-hybridized carbons (Fsp3) is 0.276. The summed E-state index contributed by atoms with van der Waals surface area (Å²) in [6.45, 7) is 1.38. The molecule has 0 bridgehead atoms. The standard InChI is InChI=1S/C29H30N4O3S2/c34-27-23-12-6-5-11-21(23)22-16-15-20(19-24(22)27)31-29(37)30-17-9-3-1-2-4-10-18-36-26-14-8-7-13-25(26)32-28(35)33-38/h5-8,11-16,19H,1-4,9-10,17-18H2,(H,32,35)(H2,30,31,37). The Morgan fingerprint density at radius 1 is 0.789 bits per heavy atom. The van der Waals surface area contributed by atoms with Gasteiger partial charge in [0.25, 0.3) is 0 Å². The largest absolute Gasteiger partial charge is 0.491 e. The number of ether oxygens (including phenoxy) is 1. The monoisotopic (exact) mass is 546 g/mol. The summed E-state index contributed by atoms with van der Waals surface area (Å²) in [5, 5.41) is 9.62. The van der Waals surface area contributed by atoms with Gasteiger partial charge in [0.2, 0.25) is 0 Å².